The van der Waals surface area contributed by atoms with Crippen LogP contribution in [0.2, 0.25) is 0 Å². The highest BCUT2D eigenvalue weighted by Crippen LogP contribution is 2.24. The number of likely N-dealkylation sites (tertiary alicyclic amines) is 1. The van der Waals surface area contributed by atoms with Crippen LogP contribution in [0, 0.1) is 11.8 Å². The molecule has 2 N–H and O–H groups in total. The van der Waals surface area contributed by atoms with Crippen LogP contribution in [0.1, 0.15) is 46.5 Å². The van der Waals surface area contributed by atoms with Gasteiger partial charge in [0.05, 0.1) is 0 Å². The summed E-state index contributed by atoms with van der Waals surface area (Å²) >= 11 is 0. The Bertz CT molecular complexity index is 228. The minimum atomic E-state index is -0.0206. The van der Waals surface area contributed by atoms with Gasteiger partial charge in [0.1, 0.15) is 0 Å². The molecule has 0 aromatic rings. The van der Waals surface area contributed by atoms with E-state index >= 15 is 0 Å². The van der Waals surface area contributed by atoms with Crippen molar-refractivity contribution in [1.29, 1.82) is 0 Å². The van der Waals surface area contributed by atoms with E-state index in [1.807, 2.05) is 6.92 Å². The van der Waals surface area contributed by atoms with Crippen molar-refractivity contribution in [3.8, 4) is 0 Å². The van der Waals surface area contributed by atoms with Gasteiger partial charge < -0.3 is 10.6 Å². The Morgan fingerprint density at radius 1 is 1.38 bits per heavy atom. The summed E-state index contributed by atoms with van der Waals surface area (Å²) in [6.45, 7) is 7.78. The molecule has 0 radical (unpaired) electrons. The van der Waals surface area contributed by atoms with Crippen molar-refractivity contribution in [1.82, 2.24) is 4.90 Å². The second-order valence-electron chi connectivity index (χ2n) is 5.45. The maximum absolute atomic E-state index is 12.2. The lowest BCUT2D eigenvalue weighted by molar-refractivity contribution is -0.138. The van der Waals surface area contributed by atoms with E-state index in [2.05, 4.69) is 18.7 Å². The quantitative estimate of drug-likeness (QED) is 0.797. The van der Waals surface area contributed by atoms with Crippen LogP contribution >= 0.6 is 0 Å². The van der Waals surface area contributed by atoms with Crippen molar-refractivity contribution >= 4 is 5.91 Å². The second kappa shape index (κ2) is 6.24. The van der Waals surface area contributed by atoms with Gasteiger partial charge in [-0.25, -0.2) is 0 Å². The zero-order valence-electron chi connectivity index (χ0n) is 10.9. The molecule has 2 atom stereocenters. The van der Waals surface area contributed by atoms with E-state index in [0.29, 0.717) is 18.5 Å². The van der Waals surface area contributed by atoms with Crippen molar-refractivity contribution in [2.45, 2.75) is 52.5 Å². The molecule has 1 aliphatic heterocycles. The van der Waals surface area contributed by atoms with Crippen molar-refractivity contribution in [3.05, 3.63) is 0 Å². The first-order chi connectivity index (χ1) is 7.56. The summed E-state index contributed by atoms with van der Waals surface area (Å²) in [5.41, 5.74) is 5.58. The maximum Gasteiger partial charge on any atom is 0.226 e. The first-order valence-corrected chi connectivity index (χ1v) is 6.56. The number of rotatable bonds is 4. The Kier molecular flexibility index (Phi) is 5.26. The number of carbonyl (C=O) groups is 1. The molecule has 1 heterocycles. The van der Waals surface area contributed by atoms with E-state index in [4.69, 9.17) is 5.73 Å². The van der Waals surface area contributed by atoms with Gasteiger partial charge in [-0.1, -0.05) is 20.8 Å². The minimum Gasteiger partial charge on any atom is -0.339 e. The van der Waals surface area contributed by atoms with Crippen LogP contribution in [-0.4, -0.2) is 29.9 Å². The third kappa shape index (κ3) is 3.48. The van der Waals surface area contributed by atoms with Gasteiger partial charge in [0.15, 0.2) is 0 Å². The summed E-state index contributed by atoms with van der Waals surface area (Å²) in [4.78, 5) is 14.3. The molecule has 0 aromatic carbocycles. The second-order valence-corrected chi connectivity index (χ2v) is 5.45. The molecular formula is C13H26N2O. The lowest BCUT2D eigenvalue weighted by Gasteiger charge is -2.38. The summed E-state index contributed by atoms with van der Waals surface area (Å²) in [7, 11) is 0. The van der Waals surface area contributed by atoms with E-state index < -0.39 is 0 Å². The molecule has 16 heavy (non-hydrogen) atoms. The molecule has 1 fully saturated rings. The standard InChI is InChI=1S/C13H26N2O/c1-10(2)8-12-6-4-5-7-15(12)13(16)11(3)9-14/h10-12H,4-9,14H2,1-3H3. The highest BCUT2D eigenvalue weighted by molar-refractivity contribution is 5.79. The fourth-order valence-electron chi connectivity index (χ4n) is 2.46. The smallest absolute Gasteiger partial charge is 0.226 e. The first kappa shape index (κ1) is 13.5. The third-order valence-corrected chi connectivity index (χ3v) is 3.43. The Morgan fingerprint density at radius 3 is 2.62 bits per heavy atom. The Morgan fingerprint density at radius 2 is 2.06 bits per heavy atom. The monoisotopic (exact) mass is 226 g/mol. The predicted molar refractivity (Wildman–Crippen MR) is 67.0 cm³/mol. The SMILES string of the molecule is CC(C)CC1CCCCN1C(=O)C(C)CN. The van der Waals surface area contributed by atoms with Crippen LogP contribution in [0.5, 0.6) is 0 Å². The molecular weight excluding hydrogens is 200 g/mol. The van der Waals surface area contributed by atoms with Crippen molar-refractivity contribution < 1.29 is 4.79 Å². The molecule has 2 unspecified atom stereocenters. The average molecular weight is 226 g/mol. The number of amides is 1. The normalized spacial score (nSPS) is 23.6. The summed E-state index contributed by atoms with van der Waals surface area (Å²) in [5, 5.41) is 0. The molecule has 0 aliphatic carbocycles. The number of carbonyl (C=O) groups excluding carboxylic acids is 1. The number of piperidine rings is 1. The van der Waals surface area contributed by atoms with Crippen molar-refractivity contribution in [3.63, 3.8) is 0 Å². The van der Waals surface area contributed by atoms with Crippen molar-refractivity contribution in [2.24, 2.45) is 17.6 Å². The van der Waals surface area contributed by atoms with Gasteiger partial charge in [0, 0.05) is 25.0 Å². The molecule has 3 nitrogen and oxygen atoms in total. The minimum absolute atomic E-state index is 0.0206. The molecule has 0 saturated carbocycles. The average Bonchev–Trinajstić information content (AvgIpc) is 2.27. The molecule has 1 aliphatic rings. The lowest BCUT2D eigenvalue weighted by Crippen LogP contribution is -2.47. The van der Waals surface area contributed by atoms with Crippen LogP contribution < -0.4 is 5.73 Å². The lowest BCUT2D eigenvalue weighted by atomic mass is 9.93. The van der Waals surface area contributed by atoms with Crippen LogP contribution in [0.15, 0.2) is 0 Å². The fourth-order valence-corrected chi connectivity index (χ4v) is 2.46. The van der Waals surface area contributed by atoms with Gasteiger partial charge in [-0.15, -0.1) is 0 Å². The molecule has 0 spiro atoms. The van der Waals surface area contributed by atoms with E-state index in [1.165, 1.54) is 12.8 Å². The van der Waals surface area contributed by atoms with Crippen LogP contribution in [0.25, 0.3) is 0 Å². The predicted octanol–water partition coefficient (Wildman–Crippen LogP) is 2.01. The van der Waals surface area contributed by atoms with Gasteiger partial charge in [0.25, 0.3) is 0 Å². The van der Waals surface area contributed by atoms with E-state index in [9.17, 15) is 4.79 Å². The van der Waals surface area contributed by atoms with E-state index in [1.54, 1.807) is 0 Å². The summed E-state index contributed by atoms with van der Waals surface area (Å²) < 4.78 is 0. The topological polar surface area (TPSA) is 46.3 Å². The van der Waals surface area contributed by atoms with E-state index in [-0.39, 0.29) is 11.8 Å². The molecule has 0 bridgehead atoms. The van der Waals surface area contributed by atoms with E-state index in [0.717, 1.165) is 19.4 Å². The van der Waals surface area contributed by atoms with Gasteiger partial charge in [-0.05, 0) is 31.6 Å². The number of hydrogen-bond donors (Lipinski definition) is 1. The first-order valence-electron chi connectivity index (χ1n) is 6.56. The number of nitrogens with zero attached hydrogens (tertiary/aromatic N) is 1. The molecule has 94 valence electrons. The van der Waals surface area contributed by atoms with Gasteiger partial charge in [-0.3, -0.25) is 4.79 Å². The Balaban J connectivity index is 2.62. The van der Waals surface area contributed by atoms with Gasteiger partial charge in [0.2, 0.25) is 5.91 Å². The number of nitrogens with two attached hydrogens (primary N) is 1. The molecule has 1 rings (SSSR count). The summed E-state index contributed by atoms with van der Waals surface area (Å²) in [6, 6.07) is 0.454. The number of hydrogen-bond acceptors (Lipinski definition) is 2. The maximum atomic E-state index is 12.2. The molecule has 1 saturated heterocycles. The third-order valence-electron chi connectivity index (χ3n) is 3.43. The molecule has 3 heteroatoms. The molecule has 0 aromatic heterocycles. The Labute approximate surface area is 99.4 Å². The summed E-state index contributed by atoms with van der Waals surface area (Å²) in [5.74, 6) is 0.896. The molecule has 1 amide bonds. The summed E-state index contributed by atoms with van der Waals surface area (Å²) in [6.07, 6.45) is 4.71. The zero-order chi connectivity index (χ0) is 12.1. The zero-order valence-corrected chi connectivity index (χ0v) is 10.9. The fraction of sp³-hybridized carbons (Fsp3) is 0.923. The van der Waals surface area contributed by atoms with Crippen LogP contribution in [0.4, 0.5) is 0 Å². The highest BCUT2D eigenvalue weighted by Gasteiger charge is 2.29. The van der Waals surface area contributed by atoms with Gasteiger partial charge >= 0.3 is 0 Å². The van der Waals surface area contributed by atoms with Crippen LogP contribution in [0.3, 0.4) is 0 Å². The highest BCUT2D eigenvalue weighted by atomic mass is 16.2. The van der Waals surface area contributed by atoms with Gasteiger partial charge in [-0.2, -0.15) is 0 Å². The largest absolute Gasteiger partial charge is 0.339 e. The Hall–Kier alpha value is -0.570. The van der Waals surface area contributed by atoms with Crippen LogP contribution in [-0.2, 0) is 4.79 Å². The van der Waals surface area contributed by atoms with Crippen molar-refractivity contribution in [2.75, 3.05) is 13.1 Å².